The molecule has 49 heavy (non-hydrogen) atoms. The molecule has 4 nitrogen and oxygen atoms in total. The van der Waals surface area contributed by atoms with E-state index >= 15 is 0 Å². The Morgan fingerprint density at radius 1 is 0.490 bits per heavy atom. The number of rotatable bonds is 41. The molecule has 0 amide bonds. The number of carbonyl (C=O) groups is 1. The summed E-state index contributed by atoms with van der Waals surface area (Å²) in [6.07, 6.45) is 52.4. The van der Waals surface area contributed by atoms with Gasteiger partial charge in [0.05, 0.1) is 13.2 Å². The quantitative estimate of drug-likeness (QED) is 0.0394. The van der Waals surface area contributed by atoms with Crippen molar-refractivity contribution in [3.8, 4) is 0 Å². The highest BCUT2D eigenvalue weighted by molar-refractivity contribution is 5.69. The van der Waals surface area contributed by atoms with Gasteiger partial charge >= 0.3 is 5.97 Å². The van der Waals surface area contributed by atoms with E-state index in [2.05, 4.69) is 38.2 Å². The Bertz CT molecular complexity index is 688. The predicted molar refractivity (Wildman–Crippen MR) is 214 cm³/mol. The fourth-order valence-electron chi connectivity index (χ4n) is 6.48. The van der Waals surface area contributed by atoms with E-state index in [4.69, 9.17) is 9.47 Å². The Morgan fingerprint density at radius 3 is 1.27 bits per heavy atom. The third-order valence-electron chi connectivity index (χ3n) is 9.78. The first-order chi connectivity index (χ1) is 24.2. The largest absolute Gasteiger partial charge is 0.457 e. The van der Waals surface area contributed by atoms with Crippen LogP contribution in [0.3, 0.4) is 0 Å². The normalized spacial score (nSPS) is 12.5. The van der Waals surface area contributed by atoms with Crippen LogP contribution in [-0.4, -0.2) is 37.0 Å². The Kier molecular flexibility index (Phi) is 42.0. The van der Waals surface area contributed by atoms with Gasteiger partial charge in [-0.3, -0.25) is 4.79 Å². The van der Waals surface area contributed by atoms with Gasteiger partial charge < -0.3 is 14.6 Å². The van der Waals surface area contributed by atoms with Crippen molar-refractivity contribution < 1.29 is 19.4 Å². The summed E-state index contributed by atoms with van der Waals surface area (Å²) in [5.41, 5.74) is 0. The maximum absolute atomic E-state index is 12.2. The topological polar surface area (TPSA) is 55.8 Å². The third kappa shape index (κ3) is 41.2. The van der Waals surface area contributed by atoms with Gasteiger partial charge in [0, 0.05) is 13.0 Å². The van der Waals surface area contributed by atoms with E-state index in [1.807, 2.05) is 0 Å². The second-order valence-electron chi connectivity index (χ2n) is 14.8. The van der Waals surface area contributed by atoms with E-state index in [0.717, 1.165) is 25.7 Å². The number of aliphatic hydroxyl groups is 1. The summed E-state index contributed by atoms with van der Waals surface area (Å²) in [7, 11) is 0. The van der Waals surface area contributed by atoms with Crippen LogP contribution in [0, 0.1) is 0 Å². The lowest BCUT2D eigenvalue weighted by Crippen LogP contribution is -2.27. The molecule has 0 radical (unpaired) electrons. The molecular formula is C45H86O4. The van der Waals surface area contributed by atoms with Crippen LogP contribution in [0.1, 0.15) is 232 Å². The zero-order valence-electron chi connectivity index (χ0n) is 33.2. The molecule has 0 rings (SSSR count). The maximum Gasteiger partial charge on any atom is 0.306 e. The first kappa shape index (κ1) is 47.9. The molecule has 0 saturated heterocycles. The van der Waals surface area contributed by atoms with E-state index < -0.39 is 6.10 Å². The maximum atomic E-state index is 12.2. The molecule has 0 fully saturated rings. The van der Waals surface area contributed by atoms with Crippen LogP contribution < -0.4 is 0 Å². The minimum absolute atomic E-state index is 0.168. The smallest absolute Gasteiger partial charge is 0.306 e. The molecule has 0 bridgehead atoms. The van der Waals surface area contributed by atoms with E-state index in [9.17, 15) is 9.90 Å². The van der Waals surface area contributed by atoms with E-state index in [1.165, 1.54) is 186 Å². The molecule has 0 spiro atoms. The van der Waals surface area contributed by atoms with Gasteiger partial charge in [0.25, 0.3) is 0 Å². The second kappa shape index (κ2) is 43.0. The summed E-state index contributed by atoms with van der Waals surface area (Å²) in [4.78, 5) is 12.2. The Balaban J connectivity index is 3.39. The summed E-state index contributed by atoms with van der Waals surface area (Å²) >= 11 is 0. The van der Waals surface area contributed by atoms with Gasteiger partial charge in [-0.2, -0.15) is 0 Å². The first-order valence-electron chi connectivity index (χ1n) is 21.9. The molecule has 290 valence electrons. The van der Waals surface area contributed by atoms with Crippen molar-refractivity contribution in [2.24, 2.45) is 0 Å². The van der Waals surface area contributed by atoms with E-state index in [1.54, 1.807) is 0 Å². The SMILES string of the molecule is CCCCCCC/C=C\C/C=C\CCCCCCCCCCCCOCC(CO)OC(=O)CCCCCCCCCCCCCCCCC. The fourth-order valence-corrected chi connectivity index (χ4v) is 6.48. The highest BCUT2D eigenvalue weighted by Gasteiger charge is 2.13. The number of aliphatic hydroxyl groups excluding tert-OH is 1. The highest BCUT2D eigenvalue weighted by atomic mass is 16.6. The lowest BCUT2D eigenvalue weighted by molar-refractivity contribution is -0.154. The molecule has 0 aliphatic rings. The van der Waals surface area contributed by atoms with Gasteiger partial charge in [-0.15, -0.1) is 0 Å². The van der Waals surface area contributed by atoms with Crippen LogP contribution in [0.5, 0.6) is 0 Å². The molecule has 0 heterocycles. The summed E-state index contributed by atoms with van der Waals surface area (Å²) in [6, 6.07) is 0. The van der Waals surface area contributed by atoms with E-state index in [-0.39, 0.29) is 12.6 Å². The van der Waals surface area contributed by atoms with Crippen molar-refractivity contribution in [3.05, 3.63) is 24.3 Å². The number of ether oxygens (including phenoxy) is 2. The standard InChI is InChI=1S/C45H86O4/c1-3-5-7-9-11-13-15-17-19-20-21-22-23-24-25-27-29-31-33-35-37-39-41-48-43-44(42-46)49-45(47)40-38-36-34-32-30-28-26-18-16-14-12-10-8-6-4-2/h15,17,20-21,44,46H,3-14,16,18-19,22-43H2,1-2H3/b17-15-,21-20-. The average molecular weight is 691 g/mol. The van der Waals surface area contributed by atoms with Crippen LogP contribution in [-0.2, 0) is 14.3 Å². The highest BCUT2D eigenvalue weighted by Crippen LogP contribution is 2.15. The monoisotopic (exact) mass is 691 g/mol. The van der Waals surface area contributed by atoms with Crippen LogP contribution in [0.25, 0.3) is 0 Å². The van der Waals surface area contributed by atoms with Crippen molar-refractivity contribution in [1.82, 2.24) is 0 Å². The third-order valence-corrected chi connectivity index (χ3v) is 9.78. The molecule has 0 aromatic heterocycles. The van der Waals surface area contributed by atoms with Gasteiger partial charge in [-0.1, -0.05) is 205 Å². The van der Waals surface area contributed by atoms with Gasteiger partial charge in [-0.25, -0.2) is 0 Å². The molecule has 0 aromatic rings. The van der Waals surface area contributed by atoms with Crippen LogP contribution >= 0.6 is 0 Å². The molecule has 1 unspecified atom stereocenters. The molecule has 4 heteroatoms. The number of hydrogen-bond donors (Lipinski definition) is 1. The minimum atomic E-state index is -0.531. The summed E-state index contributed by atoms with van der Waals surface area (Å²) < 4.78 is 11.2. The van der Waals surface area contributed by atoms with Crippen LogP contribution in [0.2, 0.25) is 0 Å². The second-order valence-corrected chi connectivity index (χ2v) is 14.8. The van der Waals surface area contributed by atoms with Crippen molar-refractivity contribution in [2.45, 2.75) is 238 Å². The lowest BCUT2D eigenvalue weighted by Gasteiger charge is -2.16. The van der Waals surface area contributed by atoms with Crippen molar-refractivity contribution >= 4 is 5.97 Å². The summed E-state index contributed by atoms with van der Waals surface area (Å²) in [5, 5.41) is 9.60. The van der Waals surface area contributed by atoms with Gasteiger partial charge in [0.15, 0.2) is 0 Å². The van der Waals surface area contributed by atoms with Gasteiger partial charge in [0.2, 0.25) is 0 Å². The minimum Gasteiger partial charge on any atom is -0.457 e. The molecular weight excluding hydrogens is 604 g/mol. The number of unbranched alkanes of at least 4 members (excludes halogenated alkanes) is 29. The Hall–Kier alpha value is -1.13. The predicted octanol–water partition coefficient (Wildman–Crippen LogP) is 14.3. The van der Waals surface area contributed by atoms with Crippen LogP contribution in [0.4, 0.5) is 0 Å². The molecule has 0 aromatic carbocycles. The van der Waals surface area contributed by atoms with Crippen molar-refractivity contribution in [1.29, 1.82) is 0 Å². The Labute approximate surface area is 307 Å². The summed E-state index contributed by atoms with van der Waals surface area (Å²) in [6.45, 7) is 5.36. The summed E-state index contributed by atoms with van der Waals surface area (Å²) in [5.74, 6) is -0.198. The number of hydrogen-bond acceptors (Lipinski definition) is 4. The molecule has 0 aliphatic carbocycles. The molecule has 0 aliphatic heterocycles. The lowest BCUT2D eigenvalue weighted by atomic mass is 10.0. The van der Waals surface area contributed by atoms with Gasteiger partial charge in [0.1, 0.15) is 6.10 Å². The Morgan fingerprint density at radius 2 is 0.857 bits per heavy atom. The average Bonchev–Trinajstić information content (AvgIpc) is 3.11. The zero-order chi connectivity index (χ0) is 35.6. The fraction of sp³-hybridized carbons (Fsp3) is 0.889. The van der Waals surface area contributed by atoms with Crippen molar-refractivity contribution in [2.75, 3.05) is 19.8 Å². The van der Waals surface area contributed by atoms with Crippen LogP contribution in [0.15, 0.2) is 24.3 Å². The number of esters is 1. The van der Waals surface area contributed by atoms with E-state index in [0.29, 0.717) is 19.6 Å². The van der Waals surface area contributed by atoms with Gasteiger partial charge in [-0.05, 0) is 44.9 Å². The number of allylic oxidation sites excluding steroid dienone is 4. The first-order valence-corrected chi connectivity index (χ1v) is 21.9. The molecule has 1 N–H and O–H groups in total. The molecule has 0 saturated carbocycles. The van der Waals surface area contributed by atoms with Crippen molar-refractivity contribution in [3.63, 3.8) is 0 Å². The zero-order valence-corrected chi connectivity index (χ0v) is 33.2. The number of carbonyl (C=O) groups excluding carboxylic acids is 1. The molecule has 1 atom stereocenters.